The number of aromatic nitrogens is 2. The zero-order valence-electron chi connectivity index (χ0n) is 19.9. The molecule has 0 spiro atoms. The molecule has 0 aliphatic rings. The van der Waals surface area contributed by atoms with E-state index in [1.165, 1.54) is 11.8 Å². The average Bonchev–Trinajstić information content (AvgIpc) is 2.77. The van der Waals surface area contributed by atoms with E-state index in [1.807, 2.05) is 49.3 Å². The summed E-state index contributed by atoms with van der Waals surface area (Å²) >= 11 is 1.36. The minimum absolute atomic E-state index is 0.0128. The van der Waals surface area contributed by atoms with Gasteiger partial charge in [-0.3, -0.25) is 14.2 Å². The Hall–Kier alpha value is -2.16. The first kappa shape index (κ1) is 26.1. The van der Waals surface area contributed by atoms with Crippen LogP contribution in [0, 0.1) is 0 Å². The number of rotatable bonds is 13. The Kier molecular flexibility index (Phi) is 10.9. The average molecular weight is 461 g/mol. The smallest absolute Gasteiger partial charge is 0.257 e. The molecule has 2 aromatic rings. The molecule has 1 aromatic heterocycles. The fraction of sp³-hybridized carbons (Fsp3) is 0.542. The summed E-state index contributed by atoms with van der Waals surface area (Å²) in [5, 5.41) is 3.26. The molecule has 0 saturated heterocycles. The standard InChI is InChI=1S/C24H36N4O3S/c1-6-7-13-21(22(29)25-14-15-27(2)3)32-24-26-20(17-31-5)19(23(30)28(24)4)16-18-11-9-8-10-12-18/h8-12,21H,6-7,13-17H2,1-5H3,(H,25,29). The lowest BCUT2D eigenvalue weighted by molar-refractivity contribution is -0.120. The Morgan fingerprint density at radius 2 is 2.00 bits per heavy atom. The van der Waals surface area contributed by atoms with Gasteiger partial charge in [0, 0.05) is 39.2 Å². The lowest BCUT2D eigenvalue weighted by Gasteiger charge is -2.19. The van der Waals surface area contributed by atoms with Gasteiger partial charge in [0.25, 0.3) is 5.56 Å². The number of hydrogen-bond donors (Lipinski definition) is 1. The van der Waals surface area contributed by atoms with Crippen LogP contribution in [0.25, 0.3) is 0 Å². The van der Waals surface area contributed by atoms with E-state index in [2.05, 4.69) is 12.2 Å². The summed E-state index contributed by atoms with van der Waals surface area (Å²) in [6.07, 6.45) is 3.16. The van der Waals surface area contributed by atoms with E-state index in [9.17, 15) is 9.59 Å². The van der Waals surface area contributed by atoms with Gasteiger partial charge >= 0.3 is 0 Å². The zero-order valence-corrected chi connectivity index (χ0v) is 20.7. The number of benzene rings is 1. The molecule has 2 rings (SSSR count). The Morgan fingerprint density at radius 1 is 1.28 bits per heavy atom. The molecule has 1 atom stereocenters. The van der Waals surface area contributed by atoms with Gasteiger partial charge in [-0.2, -0.15) is 0 Å². The summed E-state index contributed by atoms with van der Waals surface area (Å²) in [6.45, 7) is 3.72. The summed E-state index contributed by atoms with van der Waals surface area (Å²) in [4.78, 5) is 32.9. The van der Waals surface area contributed by atoms with Gasteiger partial charge in [-0.05, 0) is 26.1 Å². The molecular weight excluding hydrogens is 424 g/mol. The second kappa shape index (κ2) is 13.4. The number of carbonyl (C=O) groups excluding carboxylic acids is 1. The molecule has 0 bridgehead atoms. The lowest BCUT2D eigenvalue weighted by Crippen LogP contribution is -2.37. The molecule has 8 heteroatoms. The fourth-order valence-corrected chi connectivity index (χ4v) is 4.42. The second-order valence-corrected chi connectivity index (χ2v) is 9.29. The van der Waals surface area contributed by atoms with Crippen molar-refractivity contribution in [3.05, 3.63) is 57.5 Å². The van der Waals surface area contributed by atoms with E-state index in [-0.39, 0.29) is 23.3 Å². The fourth-order valence-electron chi connectivity index (χ4n) is 3.29. The molecular formula is C24H36N4O3S. The van der Waals surface area contributed by atoms with Gasteiger partial charge in [0.2, 0.25) is 5.91 Å². The number of methoxy groups -OCH3 is 1. The van der Waals surface area contributed by atoms with Crippen LogP contribution in [-0.2, 0) is 29.6 Å². The number of carbonyl (C=O) groups is 1. The maximum Gasteiger partial charge on any atom is 0.257 e. The highest BCUT2D eigenvalue weighted by Crippen LogP contribution is 2.26. The Labute approximate surface area is 195 Å². The van der Waals surface area contributed by atoms with Crippen LogP contribution in [0.5, 0.6) is 0 Å². The Bertz CT molecular complexity index is 915. The zero-order chi connectivity index (χ0) is 23.5. The third-order valence-corrected chi connectivity index (χ3v) is 6.46. The number of thioether (sulfide) groups is 1. The van der Waals surface area contributed by atoms with Crippen molar-refractivity contribution in [2.45, 2.75) is 49.6 Å². The van der Waals surface area contributed by atoms with Crippen molar-refractivity contribution in [3.63, 3.8) is 0 Å². The first-order valence-corrected chi connectivity index (χ1v) is 12.0. The van der Waals surface area contributed by atoms with E-state index in [4.69, 9.17) is 9.72 Å². The molecule has 0 radical (unpaired) electrons. The molecule has 0 fully saturated rings. The number of unbranched alkanes of at least 4 members (excludes halogenated alkanes) is 1. The normalized spacial score (nSPS) is 12.2. The van der Waals surface area contributed by atoms with Crippen LogP contribution < -0.4 is 10.9 Å². The van der Waals surface area contributed by atoms with Crippen LogP contribution in [0.2, 0.25) is 0 Å². The number of nitrogens with one attached hydrogen (secondary N) is 1. The van der Waals surface area contributed by atoms with E-state index < -0.39 is 0 Å². The van der Waals surface area contributed by atoms with Crippen molar-refractivity contribution < 1.29 is 9.53 Å². The summed E-state index contributed by atoms with van der Waals surface area (Å²) in [5.74, 6) is -0.0128. The van der Waals surface area contributed by atoms with Crippen molar-refractivity contribution >= 4 is 17.7 Å². The Morgan fingerprint density at radius 3 is 2.62 bits per heavy atom. The highest BCUT2D eigenvalue weighted by atomic mass is 32.2. The first-order valence-electron chi connectivity index (χ1n) is 11.1. The van der Waals surface area contributed by atoms with Crippen molar-refractivity contribution in [1.29, 1.82) is 0 Å². The maximum absolute atomic E-state index is 13.2. The lowest BCUT2D eigenvalue weighted by atomic mass is 10.0. The number of amides is 1. The van der Waals surface area contributed by atoms with E-state index in [1.54, 1.807) is 18.7 Å². The van der Waals surface area contributed by atoms with Gasteiger partial charge in [0.05, 0.1) is 17.6 Å². The van der Waals surface area contributed by atoms with Crippen molar-refractivity contribution in [2.75, 3.05) is 34.3 Å². The van der Waals surface area contributed by atoms with Gasteiger partial charge in [0.1, 0.15) is 0 Å². The van der Waals surface area contributed by atoms with Crippen molar-refractivity contribution in [1.82, 2.24) is 19.8 Å². The minimum atomic E-state index is -0.300. The van der Waals surface area contributed by atoms with Crippen LogP contribution in [0.15, 0.2) is 40.3 Å². The molecule has 1 aromatic carbocycles. The summed E-state index contributed by atoms with van der Waals surface area (Å²) in [6, 6.07) is 9.87. The molecule has 176 valence electrons. The first-order chi connectivity index (χ1) is 15.4. The van der Waals surface area contributed by atoms with Crippen LogP contribution in [-0.4, -0.2) is 59.9 Å². The predicted octanol–water partition coefficient (Wildman–Crippen LogP) is 2.85. The van der Waals surface area contributed by atoms with Gasteiger partial charge in [-0.15, -0.1) is 0 Å². The number of nitrogens with zero attached hydrogens (tertiary/aromatic N) is 3. The monoisotopic (exact) mass is 460 g/mol. The molecule has 32 heavy (non-hydrogen) atoms. The van der Waals surface area contributed by atoms with Gasteiger partial charge in [0.15, 0.2) is 5.16 Å². The van der Waals surface area contributed by atoms with Crippen LogP contribution in [0.3, 0.4) is 0 Å². The van der Waals surface area contributed by atoms with Crippen LogP contribution >= 0.6 is 11.8 Å². The predicted molar refractivity (Wildman–Crippen MR) is 130 cm³/mol. The summed E-state index contributed by atoms with van der Waals surface area (Å²) in [7, 11) is 7.27. The van der Waals surface area contributed by atoms with Crippen molar-refractivity contribution in [2.24, 2.45) is 7.05 Å². The Balaban J connectivity index is 2.30. The minimum Gasteiger partial charge on any atom is -0.378 e. The topological polar surface area (TPSA) is 76.5 Å². The molecule has 1 amide bonds. The highest BCUT2D eigenvalue weighted by molar-refractivity contribution is 8.00. The number of ether oxygens (including phenoxy) is 1. The summed E-state index contributed by atoms with van der Waals surface area (Å²) < 4.78 is 6.91. The van der Waals surface area contributed by atoms with E-state index >= 15 is 0 Å². The third-order valence-electron chi connectivity index (χ3n) is 5.15. The van der Waals surface area contributed by atoms with Crippen LogP contribution in [0.4, 0.5) is 0 Å². The van der Waals surface area contributed by atoms with E-state index in [0.29, 0.717) is 29.4 Å². The SMILES string of the molecule is CCCCC(Sc1nc(COC)c(Cc2ccccc2)c(=O)n1C)C(=O)NCCN(C)C. The van der Waals surface area contributed by atoms with E-state index in [0.717, 1.165) is 31.4 Å². The molecule has 1 unspecified atom stereocenters. The molecule has 0 aliphatic carbocycles. The quantitative estimate of drug-likeness (QED) is 0.366. The van der Waals surface area contributed by atoms with Crippen LogP contribution in [0.1, 0.15) is 43.0 Å². The number of likely N-dealkylation sites (N-methyl/N-ethyl adjacent to an activating group) is 1. The van der Waals surface area contributed by atoms with Crippen molar-refractivity contribution in [3.8, 4) is 0 Å². The number of hydrogen-bond acceptors (Lipinski definition) is 6. The molecule has 1 N–H and O–H groups in total. The third kappa shape index (κ3) is 7.76. The maximum atomic E-state index is 13.2. The summed E-state index contributed by atoms with van der Waals surface area (Å²) in [5.41, 5.74) is 2.21. The largest absolute Gasteiger partial charge is 0.378 e. The molecule has 7 nitrogen and oxygen atoms in total. The van der Waals surface area contributed by atoms with Gasteiger partial charge in [-0.25, -0.2) is 4.98 Å². The van der Waals surface area contributed by atoms with Gasteiger partial charge < -0.3 is 15.0 Å². The highest BCUT2D eigenvalue weighted by Gasteiger charge is 2.23. The molecule has 0 saturated carbocycles. The second-order valence-electron chi connectivity index (χ2n) is 8.12. The molecule has 0 aliphatic heterocycles. The molecule has 1 heterocycles. The van der Waals surface area contributed by atoms with Gasteiger partial charge in [-0.1, -0.05) is 61.9 Å².